The van der Waals surface area contributed by atoms with Crippen molar-refractivity contribution >= 4 is 17.6 Å². The first-order chi connectivity index (χ1) is 10.7. The maximum Gasteiger partial charge on any atom is 0.492 e. The first-order valence-corrected chi connectivity index (χ1v) is 6.86. The second kappa shape index (κ2) is 6.32. The second-order valence-corrected chi connectivity index (χ2v) is 5.30. The molecule has 0 saturated heterocycles. The highest BCUT2D eigenvalue weighted by Gasteiger charge is 2.65. The molecule has 128 valence electrons. The van der Waals surface area contributed by atoms with E-state index in [0.29, 0.717) is 0 Å². The SMILES string of the molecule is COC[C@@H](C)NC(=O)N[C@@]1(C(F)(F)F)Oc2ccc(Cl)cc2O1. The van der Waals surface area contributed by atoms with E-state index >= 15 is 0 Å². The lowest BCUT2D eigenvalue weighted by Gasteiger charge is -2.30. The molecule has 6 nitrogen and oxygen atoms in total. The van der Waals surface area contributed by atoms with Crippen LogP contribution < -0.4 is 20.1 Å². The number of rotatable bonds is 4. The van der Waals surface area contributed by atoms with Crippen LogP contribution in [0.5, 0.6) is 11.5 Å². The van der Waals surface area contributed by atoms with Crippen LogP contribution in [0.2, 0.25) is 5.02 Å². The molecular weight excluding hydrogens is 341 g/mol. The maximum atomic E-state index is 13.4. The highest BCUT2D eigenvalue weighted by Crippen LogP contribution is 2.45. The van der Waals surface area contributed by atoms with Crippen molar-refractivity contribution in [1.29, 1.82) is 0 Å². The van der Waals surface area contributed by atoms with Gasteiger partial charge >= 0.3 is 18.1 Å². The number of hydrogen-bond acceptors (Lipinski definition) is 4. The van der Waals surface area contributed by atoms with Crippen molar-refractivity contribution in [3.63, 3.8) is 0 Å². The van der Waals surface area contributed by atoms with Crippen LogP contribution in [-0.4, -0.2) is 37.9 Å². The minimum atomic E-state index is -5.03. The van der Waals surface area contributed by atoms with E-state index in [9.17, 15) is 18.0 Å². The normalized spacial score (nSPS) is 21.0. The number of carbonyl (C=O) groups excluding carboxylic acids is 1. The fraction of sp³-hybridized carbons (Fsp3) is 0.462. The molecule has 0 aliphatic carbocycles. The number of hydrogen-bond donors (Lipinski definition) is 2. The first kappa shape index (κ1) is 17.5. The molecular formula is C13H14ClF3N2O4. The van der Waals surface area contributed by atoms with Gasteiger partial charge in [0.05, 0.1) is 12.6 Å². The number of carbonyl (C=O) groups is 1. The molecule has 2 rings (SSSR count). The van der Waals surface area contributed by atoms with Gasteiger partial charge in [0.2, 0.25) is 0 Å². The zero-order valence-corrected chi connectivity index (χ0v) is 12.9. The topological polar surface area (TPSA) is 68.8 Å². The van der Waals surface area contributed by atoms with Gasteiger partial charge in [-0.3, -0.25) is 5.32 Å². The first-order valence-electron chi connectivity index (χ1n) is 6.49. The lowest BCUT2D eigenvalue weighted by atomic mass is 10.3. The fourth-order valence-electron chi connectivity index (χ4n) is 1.92. The van der Waals surface area contributed by atoms with Gasteiger partial charge in [0.1, 0.15) is 0 Å². The third kappa shape index (κ3) is 3.73. The third-order valence-electron chi connectivity index (χ3n) is 2.86. The molecule has 0 radical (unpaired) electrons. The Morgan fingerprint density at radius 1 is 1.39 bits per heavy atom. The number of fused-ring (bicyclic) bond motifs is 1. The minimum Gasteiger partial charge on any atom is -0.424 e. The lowest BCUT2D eigenvalue weighted by Crippen LogP contribution is -2.66. The number of alkyl halides is 3. The summed E-state index contributed by atoms with van der Waals surface area (Å²) < 4.78 is 54.6. The quantitative estimate of drug-likeness (QED) is 0.872. The average Bonchev–Trinajstić information content (AvgIpc) is 2.76. The fourth-order valence-corrected chi connectivity index (χ4v) is 2.08. The predicted octanol–water partition coefficient (Wildman–Crippen LogP) is 2.66. The summed E-state index contributed by atoms with van der Waals surface area (Å²) in [6.07, 6.45) is -5.03. The van der Waals surface area contributed by atoms with E-state index < -0.39 is 24.2 Å². The van der Waals surface area contributed by atoms with Crippen LogP contribution >= 0.6 is 11.6 Å². The van der Waals surface area contributed by atoms with Crippen LogP contribution in [0.1, 0.15) is 6.92 Å². The minimum absolute atomic E-state index is 0.129. The van der Waals surface area contributed by atoms with Gasteiger partial charge in [-0.05, 0) is 19.1 Å². The monoisotopic (exact) mass is 354 g/mol. The van der Waals surface area contributed by atoms with Crippen molar-refractivity contribution in [2.75, 3.05) is 13.7 Å². The van der Waals surface area contributed by atoms with Crippen molar-refractivity contribution in [1.82, 2.24) is 10.6 Å². The summed E-state index contributed by atoms with van der Waals surface area (Å²) in [6.45, 7) is 1.69. The zero-order chi connectivity index (χ0) is 17.3. The van der Waals surface area contributed by atoms with Gasteiger partial charge in [-0.25, -0.2) is 4.79 Å². The zero-order valence-electron chi connectivity index (χ0n) is 12.2. The van der Waals surface area contributed by atoms with E-state index in [1.807, 2.05) is 0 Å². The molecule has 2 atom stereocenters. The van der Waals surface area contributed by atoms with Gasteiger partial charge in [0, 0.05) is 18.2 Å². The number of halogens is 4. The third-order valence-corrected chi connectivity index (χ3v) is 3.09. The Labute approximate surface area is 134 Å². The van der Waals surface area contributed by atoms with E-state index in [1.54, 1.807) is 12.2 Å². The second-order valence-electron chi connectivity index (χ2n) is 4.86. The average molecular weight is 355 g/mol. The van der Waals surface area contributed by atoms with Crippen molar-refractivity contribution in [3.05, 3.63) is 23.2 Å². The molecule has 0 spiro atoms. The summed E-state index contributed by atoms with van der Waals surface area (Å²) >= 11 is 5.71. The number of amides is 2. The van der Waals surface area contributed by atoms with E-state index in [0.717, 1.165) is 6.07 Å². The highest BCUT2D eigenvalue weighted by molar-refractivity contribution is 6.30. The molecule has 0 bridgehead atoms. The smallest absolute Gasteiger partial charge is 0.424 e. The summed E-state index contributed by atoms with van der Waals surface area (Å²) in [5.41, 5.74) is 0. The Balaban J connectivity index is 2.18. The van der Waals surface area contributed by atoms with E-state index in [1.165, 1.54) is 19.2 Å². The standard InChI is InChI=1S/C13H14ClF3N2O4/c1-7(6-21-2)18-11(20)19-13(12(15,16)17)22-9-4-3-8(14)5-10(9)23-13/h3-5,7H,6H2,1-2H3,(H2,18,19,20)/t7-,13+/m1/s1. The number of ether oxygens (including phenoxy) is 3. The Kier molecular flexibility index (Phi) is 4.81. The molecule has 1 heterocycles. The predicted molar refractivity (Wildman–Crippen MR) is 74.5 cm³/mol. The van der Waals surface area contributed by atoms with Gasteiger partial charge in [0.25, 0.3) is 0 Å². The van der Waals surface area contributed by atoms with E-state index in [2.05, 4.69) is 5.32 Å². The molecule has 0 saturated carbocycles. The van der Waals surface area contributed by atoms with Gasteiger partial charge in [-0.2, -0.15) is 13.2 Å². The van der Waals surface area contributed by atoms with Gasteiger partial charge in [-0.1, -0.05) is 11.6 Å². The van der Waals surface area contributed by atoms with Crippen molar-refractivity contribution < 1.29 is 32.2 Å². The summed E-state index contributed by atoms with van der Waals surface area (Å²) in [5.74, 6) is -3.73. The summed E-state index contributed by atoms with van der Waals surface area (Å²) in [4.78, 5) is 11.8. The van der Waals surface area contributed by atoms with Crippen LogP contribution in [0.3, 0.4) is 0 Å². The Bertz CT molecular complexity index is 599. The van der Waals surface area contributed by atoms with Gasteiger partial charge in [0.15, 0.2) is 11.5 Å². The number of benzene rings is 1. The highest BCUT2D eigenvalue weighted by atomic mass is 35.5. The van der Waals surface area contributed by atoms with E-state index in [4.69, 9.17) is 25.8 Å². The molecule has 1 aliphatic rings. The Morgan fingerprint density at radius 2 is 2.04 bits per heavy atom. The van der Waals surface area contributed by atoms with Crippen molar-refractivity contribution in [2.24, 2.45) is 0 Å². The van der Waals surface area contributed by atoms with Crippen molar-refractivity contribution in [3.8, 4) is 11.5 Å². The summed E-state index contributed by atoms with van der Waals surface area (Å²) in [6, 6.07) is 2.10. The molecule has 0 fully saturated rings. The molecule has 0 aromatic heterocycles. The Morgan fingerprint density at radius 3 is 2.65 bits per heavy atom. The summed E-state index contributed by atoms with van der Waals surface area (Å²) in [7, 11) is 1.40. The van der Waals surface area contributed by atoms with Crippen LogP contribution in [-0.2, 0) is 4.74 Å². The largest absolute Gasteiger partial charge is 0.492 e. The Hall–Kier alpha value is -1.87. The molecule has 2 N–H and O–H groups in total. The maximum absolute atomic E-state index is 13.4. The number of nitrogens with one attached hydrogen (secondary N) is 2. The molecule has 23 heavy (non-hydrogen) atoms. The molecule has 1 aliphatic heterocycles. The number of urea groups is 1. The molecule has 1 aromatic rings. The molecule has 0 unspecified atom stereocenters. The summed E-state index contributed by atoms with van der Waals surface area (Å²) in [5, 5.41) is 4.12. The molecule has 2 amide bonds. The lowest BCUT2D eigenvalue weighted by molar-refractivity contribution is -0.317. The molecule has 10 heteroatoms. The number of methoxy groups -OCH3 is 1. The van der Waals surface area contributed by atoms with E-state index in [-0.39, 0.29) is 23.1 Å². The van der Waals surface area contributed by atoms with Crippen LogP contribution in [0.4, 0.5) is 18.0 Å². The molecule has 1 aromatic carbocycles. The van der Waals surface area contributed by atoms with Crippen LogP contribution in [0.25, 0.3) is 0 Å². The van der Waals surface area contributed by atoms with Crippen molar-refractivity contribution in [2.45, 2.75) is 25.1 Å². The van der Waals surface area contributed by atoms with Gasteiger partial charge < -0.3 is 19.5 Å². The van der Waals surface area contributed by atoms with Crippen LogP contribution in [0.15, 0.2) is 18.2 Å². The van der Waals surface area contributed by atoms with Gasteiger partial charge in [-0.15, -0.1) is 0 Å². The van der Waals surface area contributed by atoms with Crippen LogP contribution in [0, 0.1) is 0 Å².